The number of nitrogens with one attached hydrogen (secondary N) is 1. The van der Waals surface area contributed by atoms with Crippen LogP contribution in [0, 0.1) is 0 Å². The van der Waals surface area contributed by atoms with E-state index in [1.54, 1.807) is 28.9 Å². The van der Waals surface area contributed by atoms with E-state index < -0.39 is 11.5 Å². The molecule has 4 aromatic rings. The lowest BCUT2D eigenvalue weighted by atomic mass is 10.2. The quantitative estimate of drug-likeness (QED) is 0.605. The van der Waals surface area contributed by atoms with E-state index in [1.807, 2.05) is 30.3 Å². The monoisotopic (exact) mass is 365 g/mol. The van der Waals surface area contributed by atoms with Gasteiger partial charge in [0.25, 0.3) is 11.5 Å². The van der Waals surface area contributed by atoms with Crippen molar-refractivity contribution in [3.63, 3.8) is 0 Å². The highest BCUT2D eigenvalue weighted by atomic mass is 35.5. The molecule has 0 bridgehead atoms. The molecule has 0 aliphatic carbocycles. The summed E-state index contributed by atoms with van der Waals surface area (Å²) in [7, 11) is 0. The van der Waals surface area contributed by atoms with Crippen LogP contribution in [0.3, 0.4) is 0 Å². The van der Waals surface area contributed by atoms with Gasteiger partial charge in [0.1, 0.15) is 11.7 Å². The zero-order valence-corrected chi connectivity index (χ0v) is 14.1. The molecule has 0 radical (unpaired) electrons. The fourth-order valence-corrected chi connectivity index (χ4v) is 2.79. The first-order valence-electron chi connectivity index (χ1n) is 7.72. The standard InChI is InChI=1S/C18H12ClN5O2/c19-15-9-5-4-8-13(15)17(25)22-23-11-20-16-14(18(23)26)10-21-24(16)12-6-2-1-3-7-12/h1-11H,(H,22,25). The van der Waals surface area contributed by atoms with E-state index in [0.29, 0.717) is 10.7 Å². The fraction of sp³-hybridized carbons (Fsp3) is 0. The number of hydrogen-bond acceptors (Lipinski definition) is 4. The summed E-state index contributed by atoms with van der Waals surface area (Å²) < 4.78 is 2.59. The van der Waals surface area contributed by atoms with Crippen molar-refractivity contribution in [3.8, 4) is 5.69 Å². The van der Waals surface area contributed by atoms with Gasteiger partial charge in [0.2, 0.25) is 0 Å². The molecule has 8 heteroatoms. The Morgan fingerprint density at radius 3 is 2.54 bits per heavy atom. The molecule has 4 rings (SSSR count). The van der Waals surface area contributed by atoms with Gasteiger partial charge in [-0.3, -0.25) is 15.0 Å². The number of para-hydroxylation sites is 1. The molecule has 0 atom stereocenters. The SMILES string of the molecule is O=C(Nn1cnc2c(cnn2-c2ccccc2)c1=O)c1ccccc1Cl. The summed E-state index contributed by atoms with van der Waals surface area (Å²) in [6, 6.07) is 15.9. The average molecular weight is 366 g/mol. The average Bonchev–Trinajstić information content (AvgIpc) is 3.10. The van der Waals surface area contributed by atoms with Crippen molar-refractivity contribution in [2.45, 2.75) is 0 Å². The minimum absolute atomic E-state index is 0.265. The Bertz CT molecular complexity index is 1170. The maximum Gasteiger partial charge on any atom is 0.283 e. The predicted molar refractivity (Wildman–Crippen MR) is 98.3 cm³/mol. The van der Waals surface area contributed by atoms with E-state index in [0.717, 1.165) is 10.4 Å². The van der Waals surface area contributed by atoms with Gasteiger partial charge in [0, 0.05) is 0 Å². The predicted octanol–water partition coefficient (Wildman–Crippen LogP) is 2.62. The van der Waals surface area contributed by atoms with Gasteiger partial charge >= 0.3 is 0 Å². The maximum absolute atomic E-state index is 12.6. The molecule has 0 spiro atoms. The van der Waals surface area contributed by atoms with Crippen molar-refractivity contribution >= 4 is 28.5 Å². The van der Waals surface area contributed by atoms with Crippen molar-refractivity contribution in [1.29, 1.82) is 0 Å². The highest BCUT2D eigenvalue weighted by Gasteiger charge is 2.14. The summed E-state index contributed by atoms with van der Waals surface area (Å²) in [4.78, 5) is 29.3. The van der Waals surface area contributed by atoms with Crippen molar-refractivity contribution in [1.82, 2.24) is 19.4 Å². The molecule has 0 aliphatic rings. The molecule has 0 aliphatic heterocycles. The third-order valence-electron chi connectivity index (χ3n) is 3.83. The van der Waals surface area contributed by atoms with Crippen LogP contribution in [0.5, 0.6) is 0 Å². The van der Waals surface area contributed by atoms with Gasteiger partial charge < -0.3 is 0 Å². The molecule has 1 amide bonds. The number of aromatic nitrogens is 4. The smallest absolute Gasteiger partial charge is 0.267 e. The van der Waals surface area contributed by atoms with Gasteiger partial charge in [0.05, 0.1) is 22.5 Å². The molecule has 0 saturated carbocycles. The second-order valence-electron chi connectivity index (χ2n) is 5.47. The topological polar surface area (TPSA) is 81.8 Å². The highest BCUT2D eigenvalue weighted by Crippen LogP contribution is 2.15. The molecule has 26 heavy (non-hydrogen) atoms. The van der Waals surface area contributed by atoms with E-state index in [-0.39, 0.29) is 10.9 Å². The summed E-state index contributed by atoms with van der Waals surface area (Å²) in [6.45, 7) is 0. The molecule has 0 fully saturated rings. The van der Waals surface area contributed by atoms with Crippen molar-refractivity contribution < 1.29 is 4.79 Å². The number of benzene rings is 2. The Labute approximate surface area is 152 Å². The molecule has 128 valence electrons. The normalized spacial score (nSPS) is 10.8. The summed E-state index contributed by atoms with van der Waals surface area (Å²) >= 11 is 6.01. The van der Waals surface area contributed by atoms with Crippen LogP contribution in [0.2, 0.25) is 5.02 Å². The van der Waals surface area contributed by atoms with Crippen molar-refractivity contribution in [2.24, 2.45) is 0 Å². The van der Waals surface area contributed by atoms with Gasteiger partial charge in [-0.15, -0.1) is 0 Å². The molecule has 0 unspecified atom stereocenters. The molecule has 2 aromatic heterocycles. The number of carbonyl (C=O) groups is 1. The van der Waals surface area contributed by atoms with Crippen LogP contribution >= 0.6 is 11.6 Å². The van der Waals surface area contributed by atoms with Crippen LogP contribution in [0.1, 0.15) is 10.4 Å². The van der Waals surface area contributed by atoms with Crippen LogP contribution in [0.25, 0.3) is 16.7 Å². The molecule has 7 nitrogen and oxygen atoms in total. The minimum Gasteiger partial charge on any atom is -0.267 e. The maximum atomic E-state index is 12.6. The third-order valence-corrected chi connectivity index (χ3v) is 4.16. The number of halogens is 1. The van der Waals surface area contributed by atoms with Crippen LogP contribution in [-0.2, 0) is 0 Å². The van der Waals surface area contributed by atoms with E-state index in [9.17, 15) is 9.59 Å². The molecular weight excluding hydrogens is 354 g/mol. The van der Waals surface area contributed by atoms with Crippen LogP contribution in [-0.4, -0.2) is 25.3 Å². The van der Waals surface area contributed by atoms with Crippen molar-refractivity contribution in [3.05, 3.63) is 88.1 Å². The lowest BCUT2D eigenvalue weighted by Gasteiger charge is -2.09. The Balaban J connectivity index is 1.72. The first-order valence-corrected chi connectivity index (χ1v) is 8.09. The summed E-state index contributed by atoms with van der Waals surface area (Å²) in [6.07, 6.45) is 2.68. The van der Waals surface area contributed by atoms with Crippen LogP contribution in [0.4, 0.5) is 0 Å². The zero-order valence-electron chi connectivity index (χ0n) is 13.3. The van der Waals surface area contributed by atoms with Gasteiger partial charge in [-0.1, -0.05) is 41.9 Å². The number of rotatable bonds is 3. The first kappa shape index (κ1) is 16.0. The molecule has 2 aromatic carbocycles. The van der Waals surface area contributed by atoms with Gasteiger partial charge in [0.15, 0.2) is 5.65 Å². The minimum atomic E-state index is -0.505. The Kier molecular flexibility index (Phi) is 3.98. The van der Waals surface area contributed by atoms with Crippen LogP contribution in [0.15, 0.2) is 71.9 Å². The van der Waals surface area contributed by atoms with Crippen LogP contribution < -0.4 is 11.0 Å². The second-order valence-corrected chi connectivity index (χ2v) is 5.88. The van der Waals surface area contributed by atoms with E-state index >= 15 is 0 Å². The lowest BCUT2D eigenvalue weighted by molar-refractivity contribution is 0.101. The van der Waals surface area contributed by atoms with E-state index in [1.165, 1.54) is 12.5 Å². The van der Waals surface area contributed by atoms with Gasteiger partial charge in [-0.2, -0.15) is 5.10 Å². The first-order chi connectivity index (χ1) is 12.6. The van der Waals surface area contributed by atoms with E-state index in [4.69, 9.17) is 11.6 Å². The molecular formula is C18H12ClN5O2. The van der Waals surface area contributed by atoms with Crippen molar-refractivity contribution in [2.75, 3.05) is 5.43 Å². The zero-order chi connectivity index (χ0) is 18.1. The van der Waals surface area contributed by atoms with E-state index in [2.05, 4.69) is 15.5 Å². The van der Waals surface area contributed by atoms with Gasteiger partial charge in [-0.25, -0.2) is 14.3 Å². The number of carbonyl (C=O) groups excluding carboxylic acids is 1. The second kappa shape index (κ2) is 6.45. The summed E-state index contributed by atoms with van der Waals surface area (Å²) in [5, 5.41) is 4.81. The number of amides is 1. The Morgan fingerprint density at radius 2 is 1.77 bits per heavy atom. The number of nitrogens with zero attached hydrogens (tertiary/aromatic N) is 4. The molecule has 2 heterocycles. The number of fused-ring (bicyclic) bond motifs is 1. The fourth-order valence-electron chi connectivity index (χ4n) is 2.56. The summed E-state index contributed by atoms with van der Waals surface area (Å²) in [5.74, 6) is -0.505. The summed E-state index contributed by atoms with van der Waals surface area (Å²) in [5.41, 5.74) is 3.51. The Morgan fingerprint density at radius 1 is 1.04 bits per heavy atom. The highest BCUT2D eigenvalue weighted by molar-refractivity contribution is 6.34. The van der Waals surface area contributed by atoms with Gasteiger partial charge in [-0.05, 0) is 24.3 Å². The third kappa shape index (κ3) is 2.74. The number of hydrogen-bond donors (Lipinski definition) is 1. The lowest BCUT2D eigenvalue weighted by Crippen LogP contribution is -2.33. The molecule has 0 saturated heterocycles. The Hall–Kier alpha value is -3.45. The molecule has 1 N–H and O–H groups in total. The largest absolute Gasteiger partial charge is 0.283 e.